The molecule has 1 aliphatic rings. The van der Waals surface area contributed by atoms with Crippen LogP contribution in [0.3, 0.4) is 0 Å². The number of hydrogen-bond donors (Lipinski definition) is 0. The van der Waals surface area contributed by atoms with Crippen LogP contribution in [0.2, 0.25) is 0 Å². The van der Waals surface area contributed by atoms with Gasteiger partial charge in [0.1, 0.15) is 0 Å². The number of hydrogen-bond acceptors (Lipinski definition) is 4. The Hall–Kier alpha value is -2.11. The number of methoxy groups -OCH3 is 1. The lowest BCUT2D eigenvalue weighted by molar-refractivity contribution is -0.384. The first-order valence-electron chi connectivity index (χ1n) is 5.51. The zero-order valence-corrected chi connectivity index (χ0v) is 10.5. The summed E-state index contributed by atoms with van der Waals surface area (Å²) in [6.07, 6.45) is -0.448. The van der Waals surface area contributed by atoms with E-state index >= 15 is 0 Å². The van der Waals surface area contributed by atoms with E-state index in [0.29, 0.717) is 12.2 Å². The van der Waals surface area contributed by atoms with E-state index in [4.69, 9.17) is 4.74 Å². The molecule has 1 aromatic rings. The lowest BCUT2D eigenvalue weighted by Gasteiger charge is -2.19. The Morgan fingerprint density at radius 2 is 2.17 bits per heavy atom. The monoisotopic (exact) mass is 250 g/mol. The number of nitro benzene ring substituents is 1. The molecule has 0 atom stereocenters. The van der Waals surface area contributed by atoms with Gasteiger partial charge in [-0.3, -0.25) is 15.0 Å². The Morgan fingerprint density at radius 1 is 1.50 bits per heavy atom. The average molecular weight is 250 g/mol. The molecule has 1 heterocycles. The van der Waals surface area contributed by atoms with Crippen molar-refractivity contribution in [2.45, 2.75) is 19.3 Å². The second kappa shape index (κ2) is 3.97. The third-order valence-electron chi connectivity index (χ3n) is 3.16. The molecule has 0 saturated heterocycles. The van der Waals surface area contributed by atoms with Gasteiger partial charge in [0.05, 0.1) is 17.7 Å². The maximum absolute atomic E-state index is 11.7. The van der Waals surface area contributed by atoms with Gasteiger partial charge in [-0.2, -0.15) is 0 Å². The number of nitrogens with zero attached hydrogens (tertiary/aromatic N) is 2. The van der Waals surface area contributed by atoms with Crippen LogP contribution in [0.25, 0.3) is 0 Å². The topological polar surface area (TPSA) is 72.7 Å². The summed E-state index contributed by atoms with van der Waals surface area (Å²) in [5.74, 6) is 0. The van der Waals surface area contributed by atoms with Gasteiger partial charge in [0, 0.05) is 24.1 Å². The minimum absolute atomic E-state index is 0.0357. The highest BCUT2D eigenvalue weighted by Gasteiger charge is 2.39. The largest absolute Gasteiger partial charge is 0.452 e. The van der Waals surface area contributed by atoms with E-state index in [1.54, 1.807) is 6.07 Å². The molecule has 96 valence electrons. The van der Waals surface area contributed by atoms with Crippen LogP contribution < -0.4 is 4.90 Å². The summed E-state index contributed by atoms with van der Waals surface area (Å²) >= 11 is 0. The SMILES string of the molecule is COC(=O)N1CC(C)(C)c2cc([N+](=O)[O-])ccc21. The number of amides is 1. The number of carbonyl (C=O) groups excluding carboxylic acids is 1. The van der Waals surface area contributed by atoms with E-state index < -0.39 is 11.0 Å². The summed E-state index contributed by atoms with van der Waals surface area (Å²) in [7, 11) is 1.32. The highest BCUT2D eigenvalue weighted by atomic mass is 16.6. The summed E-state index contributed by atoms with van der Waals surface area (Å²) in [5, 5.41) is 10.8. The van der Waals surface area contributed by atoms with Crippen molar-refractivity contribution < 1.29 is 14.5 Å². The Morgan fingerprint density at radius 3 is 2.72 bits per heavy atom. The van der Waals surface area contributed by atoms with Crippen molar-refractivity contribution >= 4 is 17.5 Å². The number of anilines is 1. The van der Waals surface area contributed by atoms with E-state index in [9.17, 15) is 14.9 Å². The molecule has 6 heteroatoms. The smallest absolute Gasteiger partial charge is 0.414 e. The van der Waals surface area contributed by atoms with Crippen LogP contribution >= 0.6 is 0 Å². The minimum Gasteiger partial charge on any atom is -0.452 e. The van der Waals surface area contributed by atoms with E-state index in [0.717, 1.165) is 5.56 Å². The van der Waals surface area contributed by atoms with Crippen LogP contribution in [0.1, 0.15) is 19.4 Å². The summed E-state index contributed by atoms with van der Waals surface area (Å²) in [5.41, 5.74) is 1.18. The standard InChI is InChI=1S/C12H14N2O4/c1-12(2)7-13(11(15)18-3)10-5-4-8(14(16)17)6-9(10)12/h4-6H,7H2,1-3H3. The molecule has 0 aliphatic carbocycles. The fourth-order valence-corrected chi connectivity index (χ4v) is 2.25. The molecule has 6 nitrogen and oxygen atoms in total. The molecule has 0 saturated carbocycles. The second-order valence-electron chi connectivity index (χ2n) is 4.90. The van der Waals surface area contributed by atoms with Gasteiger partial charge in [0.25, 0.3) is 5.69 Å². The summed E-state index contributed by atoms with van der Waals surface area (Å²) in [6, 6.07) is 4.52. The zero-order valence-electron chi connectivity index (χ0n) is 10.5. The molecule has 0 spiro atoms. The van der Waals surface area contributed by atoms with E-state index in [-0.39, 0.29) is 11.1 Å². The fourth-order valence-electron chi connectivity index (χ4n) is 2.25. The van der Waals surface area contributed by atoms with Gasteiger partial charge in [0.15, 0.2) is 0 Å². The van der Waals surface area contributed by atoms with Crippen LogP contribution in [0.15, 0.2) is 18.2 Å². The number of benzene rings is 1. The number of ether oxygens (including phenoxy) is 1. The lowest BCUT2D eigenvalue weighted by atomic mass is 9.87. The Balaban J connectivity index is 2.53. The first kappa shape index (κ1) is 12.3. The van der Waals surface area contributed by atoms with Crippen molar-refractivity contribution in [1.82, 2.24) is 0 Å². The molecule has 0 N–H and O–H groups in total. The second-order valence-corrected chi connectivity index (χ2v) is 4.90. The van der Waals surface area contributed by atoms with Gasteiger partial charge < -0.3 is 4.74 Å². The molecule has 0 unspecified atom stereocenters. The van der Waals surface area contributed by atoms with Gasteiger partial charge in [-0.15, -0.1) is 0 Å². The van der Waals surface area contributed by atoms with Gasteiger partial charge in [0.2, 0.25) is 0 Å². The molecule has 0 radical (unpaired) electrons. The number of rotatable bonds is 1. The molecule has 0 fully saturated rings. The van der Waals surface area contributed by atoms with E-state index in [1.165, 1.54) is 24.1 Å². The predicted octanol–water partition coefficient (Wildman–Crippen LogP) is 2.46. The summed E-state index contributed by atoms with van der Waals surface area (Å²) in [6.45, 7) is 4.34. The summed E-state index contributed by atoms with van der Waals surface area (Å²) < 4.78 is 4.72. The fraction of sp³-hybridized carbons (Fsp3) is 0.417. The van der Waals surface area contributed by atoms with Crippen molar-refractivity contribution in [3.8, 4) is 0 Å². The summed E-state index contributed by atoms with van der Waals surface area (Å²) in [4.78, 5) is 23.5. The normalized spacial score (nSPS) is 16.3. The molecule has 1 aliphatic heterocycles. The average Bonchev–Trinajstić information content (AvgIpc) is 2.60. The van der Waals surface area contributed by atoms with Gasteiger partial charge in [-0.25, -0.2) is 4.79 Å². The zero-order chi connectivity index (χ0) is 13.5. The highest BCUT2D eigenvalue weighted by Crippen LogP contribution is 2.42. The lowest BCUT2D eigenvalue weighted by Crippen LogP contribution is -2.33. The van der Waals surface area contributed by atoms with Crippen LogP contribution in [-0.2, 0) is 10.2 Å². The van der Waals surface area contributed by atoms with E-state index in [2.05, 4.69) is 0 Å². The van der Waals surface area contributed by atoms with Crippen molar-refractivity contribution in [3.63, 3.8) is 0 Å². The number of nitro groups is 1. The third kappa shape index (κ3) is 1.79. The van der Waals surface area contributed by atoms with Crippen molar-refractivity contribution in [1.29, 1.82) is 0 Å². The molecular formula is C12H14N2O4. The first-order chi connectivity index (χ1) is 8.36. The number of non-ortho nitro benzene ring substituents is 1. The third-order valence-corrected chi connectivity index (χ3v) is 3.16. The molecular weight excluding hydrogens is 236 g/mol. The molecule has 1 aromatic carbocycles. The predicted molar refractivity (Wildman–Crippen MR) is 65.9 cm³/mol. The van der Waals surface area contributed by atoms with Crippen LogP contribution in [0.4, 0.5) is 16.2 Å². The van der Waals surface area contributed by atoms with Crippen LogP contribution in [0, 0.1) is 10.1 Å². The Kier molecular flexibility index (Phi) is 2.73. The quantitative estimate of drug-likeness (QED) is 0.567. The van der Waals surface area contributed by atoms with Gasteiger partial charge in [-0.05, 0) is 11.6 Å². The Bertz CT molecular complexity index is 525. The number of carbonyl (C=O) groups is 1. The number of fused-ring (bicyclic) bond motifs is 1. The molecule has 1 amide bonds. The minimum atomic E-state index is -0.448. The molecule has 0 bridgehead atoms. The van der Waals surface area contributed by atoms with Gasteiger partial charge in [-0.1, -0.05) is 13.8 Å². The van der Waals surface area contributed by atoms with Crippen molar-refractivity contribution in [2.24, 2.45) is 0 Å². The molecule has 0 aromatic heterocycles. The van der Waals surface area contributed by atoms with E-state index in [1.807, 2.05) is 13.8 Å². The maximum atomic E-state index is 11.7. The van der Waals surface area contributed by atoms with Crippen LogP contribution in [0.5, 0.6) is 0 Å². The molecule has 2 rings (SSSR count). The van der Waals surface area contributed by atoms with Crippen LogP contribution in [-0.4, -0.2) is 24.7 Å². The maximum Gasteiger partial charge on any atom is 0.414 e. The van der Waals surface area contributed by atoms with Crippen molar-refractivity contribution in [3.05, 3.63) is 33.9 Å². The molecule has 18 heavy (non-hydrogen) atoms. The Labute approximate surface area is 104 Å². The highest BCUT2D eigenvalue weighted by molar-refractivity contribution is 5.91. The van der Waals surface area contributed by atoms with Crippen molar-refractivity contribution in [2.75, 3.05) is 18.6 Å². The first-order valence-corrected chi connectivity index (χ1v) is 5.51. The van der Waals surface area contributed by atoms with Gasteiger partial charge >= 0.3 is 6.09 Å².